The summed E-state index contributed by atoms with van der Waals surface area (Å²) >= 11 is 0. The fourth-order valence-corrected chi connectivity index (χ4v) is 2.72. The maximum absolute atomic E-state index is 11.4. The van der Waals surface area contributed by atoms with Gasteiger partial charge in [-0.05, 0) is 50.1 Å². The summed E-state index contributed by atoms with van der Waals surface area (Å²) in [5, 5.41) is 23.3. The first-order valence-corrected chi connectivity index (χ1v) is 7.99. The first-order valence-electron chi connectivity index (χ1n) is 7.99. The van der Waals surface area contributed by atoms with Gasteiger partial charge in [-0.25, -0.2) is 4.79 Å². The van der Waals surface area contributed by atoms with Crippen LogP contribution < -0.4 is 11.1 Å². The Hall–Kier alpha value is -2.57. The number of nitrogens with two attached hydrogens (primary N) is 1. The van der Waals surface area contributed by atoms with Crippen molar-refractivity contribution in [1.82, 2.24) is 5.32 Å². The molecule has 0 radical (unpaired) electrons. The lowest BCUT2D eigenvalue weighted by Gasteiger charge is -2.29. The molecular weight excluding hydrogens is 320 g/mol. The summed E-state index contributed by atoms with van der Waals surface area (Å²) in [6.45, 7) is 3.59. The normalized spacial score (nSPS) is 14.6. The molecule has 0 saturated heterocycles. The number of hydrogen-bond acceptors (Lipinski definition) is 6. The lowest BCUT2D eigenvalue weighted by Crippen LogP contribution is -2.45. The van der Waals surface area contributed by atoms with Gasteiger partial charge in [0.25, 0.3) is 0 Å². The van der Waals surface area contributed by atoms with E-state index in [0.29, 0.717) is 17.5 Å². The molecule has 0 aliphatic heterocycles. The molecule has 0 amide bonds. The zero-order valence-corrected chi connectivity index (χ0v) is 14.6. The average Bonchev–Trinajstić information content (AvgIpc) is 2.56. The lowest BCUT2D eigenvalue weighted by atomic mass is 10.00. The summed E-state index contributed by atoms with van der Waals surface area (Å²) in [5.74, 6) is -0.385. The summed E-state index contributed by atoms with van der Waals surface area (Å²) in [5.41, 5.74) is 6.70. The van der Waals surface area contributed by atoms with Gasteiger partial charge in [0.05, 0.1) is 18.4 Å². The fraction of sp³-hybridized carbons (Fsp3) is 0.316. The largest absolute Gasteiger partial charge is 0.506 e. The van der Waals surface area contributed by atoms with Crippen LogP contribution >= 0.6 is 0 Å². The maximum Gasteiger partial charge on any atom is 0.337 e. The number of anilines is 1. The predicted molar refractivity (Wildman–Crippen MR) is 96.2 cm³/mol. The molecule has 2 rings (SSSR count). The molecule has 0 bridgehead atoms. The molecular formula is C19H24N2O4. The number of hydrogen-bond donors (Lipinski definition) is 4. The van der Waals surface area contributed by atoms with Crippen LogP contribution in [0.4, 0.5) is 5.69 Å². The van der Waals surface area contributed by atoms with Crippen LogP contribution in [0.25, 0.3) is 0 Å². The number of aromatic hydroxyl groups is 1. The zero-order chi connectivity index (χ0) is 18.6. The number of nitrogens with one attached hydrogen (secondary N) is 1. The van der Waals surface area contributed by atoms with E-state index in [4.69, 9.17) is 5.73 Å². The first-order chi connectivity index (χ1) is 11.7. The molecule has 6 heteroatoms. The molecule has 0 spiro atoms. The van der Waals surface area contributed by atoms with Crippen LogP contribution in [-0.2, 0) is 16.9 Å². The van der Waals surface area contributed by atoms with Gasteiger partial charge in [-0.3, -0.25) is 5.32 Å². The second kappa shape index (κ2) is 7.55. The van der Waals surface area contributed by atoms with Crippen molar-refractivity contribution in [3.8, 4) is 5.75 Å². The molecule has 6 nitrogen and oxygen atoms in total. The van der Waals surface area contributed by atoms with Crippen molar-refractivity contribution >= 4 is 11.7 Å². The molecule has 0 fully saturated rings. The third-order valence-electron chi connectivity index (χ3n) is 4.03. The van der Waals surface area contributed by atoms with Gasteiger partial charge in [0.15, 0.2) is 0 Å². The quantitative estimate of drug-likeness (QED) is 0.277. The number of phenols is 1. The van der Waals surface area contributed by atoms with Crippen molar-refractivity contribution in [2.45, 2.75) is 32.0 Å². The second-order valence-electron chi connectivity index (χ2n) is 6.28. The molecule has 134 valence electrons. The number of aliphatic hydroxyl groups is 1. The predicted octanol–water partition coefficient (Wildman–Crippen LogP) is 2.15. The standard InChI is InChI=1S/C19H24N2O4/c1-12(10-13-4-6-14(7-5-13)18(23)25-3)21-19(2,24)15-8-9-17(22)16(20)11-15/h4-9,11-12,21-22,24H,10,20H2,1-3H3. The Bertz CT molecular complexity index is 742. The van der Waals surface area contributed by atoms with Gasteiger partial charge in [0.2, 0.25) is 0 Å². The van der Waals surface area contributed by atoms with Crippen molar-refractivity contribution in [2.75, 3.05) is 12.8 Å². The summed E-state index contributed by atoms with van der Waals surface area (Å²) in [6, 6.07) is 11.7. The maximum atomic E-state index is 11.4. The van der Waals surface area contributed by atoms with E-state index >= 15 is 0 Å². The van der Waals surface area contributed by atoms with E-state index in [1.165, 1.54) is 13.2 Å². The minimum atomic E-state index is -1.30. The summed E-state index contributed by atoms with van der Waals surface area (Å²) in [4.78, 5) is 11.4. The second-order valence-corrected chi connectivity index (χ2v) is 6.28. The number of carbonyl (C=O) groups excluding carboxylic acids is 1. The number of carbonyl (C=O) groups is 1. The van der Waals surface area contributed by atoms with Crippen molar-refractivity contribution in [3.63, 3.8) is 0 Å². The topological polar surface area (TPSA) is 105 Å². The third-order valence-corrected chi connectivity index (χ3v) is 4.03. The summed E-state index contributed by atoms with van der Waals surface area (Å²) in [6.07, 6.45) is 0.658. The minimum Gasteiger partial charge on any atom is -0.506 e. The summed E-state index contributed by atoms with van der Waals surface area (Å²) < 4.78 is 4.68. The van der Waals surface area contributed by atoms with Crippen LogP contribution in [0.3, 0.4) is 0 Å². The Balaban J connectivity index is 2.04. The number of nitrogen functional groups attached to an aromatic ring is 1. The van der Waals surface area contributed by atoms with Gasteiger partial charge >= 0.3 is 5.97 Å². The summed E-state index contributed by atoms with van der Waals surface area (Å²) in [7, 11) is 1.35. The molecule has 2 aromatic carbocycles. The zero-order valence-electron chi connectivity index (χ0n) is 14.6. The fourth-order valence-electron chi connectivity index (χ4n) is 2.72. The molecule has 0 aliphatic carbocycles. The molecule has 0 saturated carbocycles. The molecule has 25 heavy (non-hydrogen) atoms. The Kier molecular flexibility index (Phi) is 5.66. The molecule has 5 N–H and O–H groups in total. The van der Waals surface area contributed by atoms with Crippen LogP contribution in [0.15, 0.2) is 42.5 Å². The van der Waals surface area contributed by atoms with E-state index in [0.717, 1.165) is 5.56 Å². The Morgan fingerprint density at radius 2 is 1.92 bits per heavy atom. The number of esters is 1. The van der Waals surface area contributed by atoms with Crippen molar-refractivity contribution in [1.29, 1.82) is 0 Å². The molecule has 2 aromatic rings. The first kappa shape index (κ1) is 18.8. The van der Waals surface area contributed by atoms with Crippen LogP contribution in [0.5, 0.6) is 5.75 Å². The monoisotopic (exact) mass is 344 g/mol. The average molecular weight is 344 g/mol. The van der Waals surface area contributed by atoms with Gasteiger partial charge in [-0.2, -0.15) is 0 Å². The van der Waals surface area contributed by atoms with Gasteiger partial charge < -0.3 is 20.7 Å². The molecule has 0 heterocycles. The van der Waals surface area contributed by atoms with Crippen LogP contribution in [0.2, 0.25) is 0 Å². The van der Waals surface area contributed by atoms with Crippen LogP contribution in [0, 0.1) is 0 Å². The van der Waals surface area contributed by atoms with E-state index in [1.54, 1.807) is 31.2 Å². The number of benzene rings is 2. The van der Waals surface area contributed by atoms with Crippen molar-refractivity contribution in [3.05, 3.63) is 59.2 Å². The Morgan fingerprint density at radius 1 is 1.28 bits per heavy atom. The molecule has 0 aliphatic rings. The van der Waals surface area contributed by atoms with Crippen molar-refractivity contribution < 1.29 is 19.7 Å². The Morgan fingerprint density at radius 3 is 2.48 bits per heavy atom. The molecule has 2 atom stereocenters. The highest BCUT2D eigenvalue weighted by Crippen LogP contribution is 2.26. The number of ether oxygens (including phenoxy) is 1. The van der Waals surface area contributed by atoms with E-state index in [-0.39, 0.29) is 23.4 Å². The molecule has 2 unspecified atom stereocenters. The highest BCUT2D eigenvalue weighted by Gasteiger charge is 2.25. The highest BCUT2D eigenvalue weighted by atomic mass is 16.5. The molecule has 0 aromatic heterocycles. The Labute approximate surface area is 147 Å². The van der Waals surface area contributed by atoms with Crippen LogP contribution in [0.1, 0.15) is 35.3 Å². The van der Waals surface area contributed by atoms with Gasteiger partial charge in [-0.1, -0.05) is 18.2 Å². The van der Waals surface area contributed by atoms with Gasteiger partial charge in [0, 0.05) is 11.6 Å². The van der Waals surface area contributed by atoms with E-state index in [1.807, 2.05) is 19.1 Å². The van der Waals surface area contributed by atoms with Crippen molar-refractivity contribution in [2.24, 2.45) is 0 Å². The van der Waals surface area contributed by atoms with E-state index in [2.05, 4.69) is 10.1 Å². The third kappa shape index (κ3) is 4.71. The lowest BCUT2D eigenvalue weighted by molar-refractivity contribution is 0.00973. The van der Waals surface area contributed by atoms with Crippen LogP contribution in [-0.4, -0.2) is 29.3 Å². The van der Waals surface area contributed by atoms with Gasteiger partial charge in [0.1, 0.15) is 11.5 Å². The SMILES string of the molecule is COC(=O)c1ccc(CC(C)NC(C)(O)c2ccc(O)c(N)c2)cc1. The highest BCUT2D eigenvalue weighted by molar-refractivity contribution is 5.89. The minimum absolute atomic E-state index is 0.0155. The number of phenolic OH excluding ortho intramolecular Hbond substituents is 1. The smallest absolute Gasteiger partial charge is 0.337 e. The van der Waals surface area contributed by atoms with E-state index in [9.17, 15) is 15.0 Å². The van der Waals surface area contributed by atoms with E-state index < -0.39 is 5.72 Å². The number of methoxy groups -OCH3 is 1. The van der Waals surface area contributed by atoms with Gasteiger partial charge in [-0.15, -0.1) is 0 Å². The number of rotatable bonds is 6.